The molecule has 3 rings (SSSR count). The molecule has 0 amide bonds. The van der Waals surface area contributed by atoms with E-state index in [1.165, 1.54) is 3.97 Å². The third kappa shape index (κ3) is 2.08. The zero-order valence-corrected chi connectivity index (χ0v) is 10.9. The van der Waals surface area contributed by atoms with Crippen LogP contribution in [0.1, 0.15) is 0 Å². The second kappa shape index (κ2) is 4.44. The molecule has 4 nitrogen and oxygen atoms in total. The van der Waals surface area contributed by atoms with Gasteiger partial charge in [-0.05, 0) is 30.3 Å². The van der Waals surface area contributed by atoms with Gasteiger partial charge in [0.25, 0.3) is 10.0 Å². The molecule has 1 aromatic carbocycles. The van der Waals surface area contributed by atoms with Crippen LogP contribution in [0.5, 0.6) is 0 Å². The van der Waals surface area contributed by atoms with Crippen LogP contribution in [0, 0.1) is 0 Å². The van der Waals surface area contributed by atoms with Gasteiger partial charge in [-0.1, -0.05) is 18.2 Å². The van der Waals surface area contributed by atoms with E-state index in [2.05, 4.69) is 0 Å². The number of rotatable bonds is 3. The third-order valence-electron chi connectivity index (χ3n) is 2.87. The molecule has 0 saturated carbocycles. The van der Waals surface area contributed by atoms with Gasteiger partial charge in [0.05, 0.1) is 10.6 Å². The van der Waals surface area contributed by atoms with Gasteiger partial charge in [0.1, 0.15) is 0 Å². The molecule has 0 spiro atoms. The summed E-state index contributed by atoms with van der Waals surface area (Å²) in [5.41, 5.74) is 0.810. The van der Waals surface area contributed by atoms with Crippen LogP contribution in [0.3, 0.4) is 0 Å². The van der Waals surface area contributed by atoms with E-state index in [1.807, 2.05) is 29.1 Å². The lowest BCUT2D eigenvalue weighted by atomic mass is 10.4. The summed E-state index contributed by atoms with van der Waals surface area (Å²) in [4.78, 5) is 0.282. The summed E-state index contributed by atoms with van der Waals surface area (Å²) in [6.07, 6.45) is 6.89. The predicted octanol–water partition coefficient (Wildman–Crippen LogP) is 2.52. The standard InChI is InChI=1S/C14H12N2O2S/c17-19(18,14-6-2-1-3-7-14)16-11-8-13(12-16)15-9-4-5-10-15/h1-12H. The fourth-order valence-electron chi connectivity index (χ4n) is 1.89. The first-order chi connectivity index (χ1) is 9.18. The van der Waals surface area contributed by atoms with Gasteiger partial charge >= 0.3 is 0 Å². The van der Waals surface area contributed by atoms with Crippen LogP contribution < -0.4 is 0 Å². The maximum Gasteiger partial charge on any atom is 0.267 e. The van der Waals surface area contributed by atoms with Gasteiger partial charge in [0.2, 0.25) is 0 Å². The summed E-state index contributed by atoms with van der Waals surface area (Å²) in [7, 11) is -3.51. The SMILES string of the molecule is O=S(=O)(c1ccccc1)n1ccc(-n2cccc2)c1. The Balaban J connectivity index is 2.04. The molecule has 0 aliphatic rings. The lowest BCUT2D eigenvalue weighted by Gasteiger charge is -2.05. The van der Waals surface area contributed by atoms with E-state index in [1.54, 1.807) is 48.8 Å². The fraction of sp³-hybridized carbons (Fsp3) is 0. The first kappa shape index (κ1) is 11.8. The van der Waals surface area contributed by atoms with E-state index in [-0.39, 0.29) is 4.90 Å². The lowest BCUT2D eigenvalue weighted by Crippen LogP contribution is -2.10. The van der Waals surface area contributed by atoms with Crippen LogP contribution in [0.25, 0.3) is 5.69 Å². The molecule has 0 radical (unpaired) electrons. The quantitative estimate of drug-likeness (QED) is 0.735. The van der Waals surface area contributed by atoms with Gasteiger partial charge in [-0.3, -0.25) is 0 Å². The normalized spacial score (nSPS) is 11.6. The Morgan fingerprint density at radius 2 is 1.47 bits per heavy atom. The summed E-state index contributed by atoms with van der Waals surface area (Å²) in [5.74, 6) is 0. The average molecular weight is 272 g/mol. The van der Waals surface area contributed by atoms with Crippen molar-refractivity contribution in [3.05, 3.63) is 73.3 Å². The van der Waals surface area contributed by atoms with Crippen molar-refractivity contribution in [1.29, 1.82) is 0 Å². The Labute approximate surface area is 111 Å². The molecule has 5 heteroatoms. The van der Waals surface area contributed by atoms with Crippen LogP contribution in [0.15, 0.2) is 78.2 Å². The van der Waals surface area contributed by atoms with Crippen LogP contribution in [-0.2, 0) is 10.0 Å². The van der Waals surface area contributed by atoms with Gasteiger partial charge in [-0.25, -0.2) is 12.4 Å². The Morgan fingerprint density at radius 3 is 2.16 bits per heavy atom. The largest absolute Gasteiger partial charge is 0.322 e. The van der Waals surface area contributed by atoms with E-state index in [0.29, 0.717) is 0 Å². The molecule has 0 aliphatic carbocycles. The van der Waals surface area contributed by atoms with Crippen LogP contribution in [0.4, 0.5) is 0 Å². The number of hydrogen-bond donors (Lipinski definition) is 0. The molecule has 0 atom stereocenters. The Morgan fingerprint density at radius 1 is 0.789 bits per heavy atom. The van der Waals surface area contributed by atoms with E-state index < -0.39 is 10.0 Å². The highest BCUT2D eigenvalue weighted by atomic mass is 32.2. The lowest BCUT2D eigenvalue weighted by molar-refractivity contribution is 0.587. The first-order valence-corrected chi connectivity index (χ1v) is 7.24. The smallest absolute Gasteiger partial charge is 0.267 e. The summed E-state index contributed by atoms with van der Waals surface area (Å²) in [6.45, 7) is 0. The fourth-order valence-corrected chi connectivity index (χ4v) is 3.10. The second-order valence-corrected chi connectivity index (χ2v) is 5.95. The molecule has 2 heterocycles. The summed E-state index contributed by atoms with van der Waals surface area (Å²) >= 11 is 0. The van der Waals surface area contributed by atoms with Gasteiger partial charge in [0, 0.05) is 24.8 Å². The van der Waals surface area contributed by atoms with Crippen molar-refractivity contribution in [2.75, 3.05) is 0 Å². The molecule has 0 N–H and O–H groups in total. The minimum Gasteiger partial charge on any atom is -0.322 e. The van der Waals surface area contributed by atoms with Crippen molar-refractivity contribution in [3.63, 3.8) is 0 Å². The number of hydrogen-bond acceptors (Lipinski definition) is 2. The van der Waals surface area contributed by atoms with E-state index in [0.717, 1.165) is 5.69 Å². The molecular formula is C14H12N2O2S. The molecular weight excluding hydrogens is 260 g/mol. The molecule has 0 aliphatic heterocycles. The van der Waals surface area contributed by atoms with Gasteiger partial charge in [0.15, 0.2) is 0 Å². The molecule has 96 valence electrons. The van der Waals surface area contributed by atoms with Crippen molar-refractivity contribution in [1.82, 2.24) is 8.54 Å². The number of benzene rings is 1. The summed E-state index contributed by atoms with van der Waals surface area (Å²) in [5, 5.41) is 0. The minimum atomic E-state index is -3.51. The molecule has 2 aromatic heterocycles. The van der Waals surface area contributed by atoms with Crippen molar-refractivity contribution in [3.8, 4) is 5.69 Å². The summed E-state index contributed by atoms with van der Waals surface area (Å²) in [6, 6.07) is 13.9. The van der Waals surface area contributed by atoms with E-state index in [4.69, 9.17) is 0 Å². The maximum atomic E-state index is 12.4. The molecule has 0 unspecified atom stereocenters. The maximum absolute atomic E-state index is 12.4. The Kier molecular flexibility index (Phi) is 2.76. The minimum absolute atomic E-state index is 0.282. The Bertz CT molecular complexity index is 772. The zero-order chi connectivity index (χ0) is 13.3. The molecule has 0 fully saturated rings. The van der Waals surface area contributed by atoms with E-state index in [9.17, 15) is 8.42 Å². The molecule has 19 heavy (non-hydrogen) atoms. The van der Waals surface area contributed by atoms with Crippen molar-refractivity contribution in [2.24, 2.45) is 0 Å². The first-order valence-electron chi connectivity index (χ1n) is 5.80. The highest BCUT2D eigenvalue weighted by Gasteiger charge is 2.16. The van der Waals surface area contributed by atoms with E-state index >= 15 is 0 Å². The topological polar surface area (TPSA) is 44.0 Å². The van der Waals surface area contributed by atoms with Gasteiger partial charge in [-0.2, -0.15) is 0 Å². The van der Waals surface area contributed by atoms with Crippen molar-refractivity contribution >= 4 is 10.0 Å². The molecule has 0 bridgehead atoms. The van der Waals surface area contributed by atoms with Crippen LogP contribution in [-0.4, -0.2) is 17.0 Å². The molecule has 3 aromatic rings. The third-order valence-corrected chi connectivity index (χ3v) is 4.52. The van der Waals surface area contributed by atoms with Gasteiger partial charge in [-0.15, -0.1) is 0 Å². The number of nitrogens with zero attached hydrogens (tertiary/aromatic N) is 2. The predicted molar refractivity (Wildman–Crippen MR) is 72.8 cm³/mol. The number of aromatic nitrogens is 2. The zero-order valence-electron chi connectivity index (χ0n) is 10.0. The Hall–Kier alpha value is -2.27. The van der Waals surface area contributed by atoms with Crippen LogP contribution >= 0.6 is 0 Å². The van der Waals surface area contributed by atoms with Crippen molar-refractivity contribution < 1.29 is 8.42 Å². The highest BCUT2D eigenvalue weighted by molar-refractivity contribution is 7.90. The monoisotopic (exact) mass is 272 g/mol. The average Bonchev–Trinajstić information content (AvgIpc) is 3.10. The van der Waals surface area contributed by atoms with Crippen LogP contribution in [0.2, 0.25) is 0 Å². The van der Waals surface area contributed by atoms with Crippen molar-refractivity contribution in [2.45, 2.75) is 4.90 Å². The second-order valence-electron chi connectivity index (χ2n) is 4.11. The van der Waals surface area contributed by atoms with Gasteiger partial charge < -0.3 is 4.57 Å². The molecule has 0 saturated heterocycles. The highest BCUT2D eigenvalue weighted by Crippen LogP contribution is 2.16. The summed E-state index contributed by atoms with van der Waals surface area (Å²) < 4.78 is 27.8.